The van der Waals surface area contributed by atoms with Crippen LogP contribution in [0.15, 0.2) is 0 Å². The summed E-state index contributed by atoms with van der Waals surface area (Å²) in [5.41, 5.74) is 0. The number of fused-ring (bicyclic) bond motifs is 1. The summed E-state index contributed by atoms with van der Waals surface area (Å²) >= 11 is 0. The summed E-state index contributed by atoms with van der Waals surface area (Å²) in [4.78, 5) is 24.9. The molecule has 2 N–H and O–H groups in total. The van der Waals surface area contributed by atoms with Crippen molar-refractivity contribution in [2.24, 2.45) is 11.8 Å². The van der Waals surface area contributed by atoms with E-state index in [1.807, 2.05) is 0 Å². The van der Waals surface area contributed by atoms with Crippen LogP contribution in [-0.2, 0) is 14.3 Å². The molecule has 0 aromatic heterocycles. The van der Waals surface area contributed by atoms with Crippen LogP contribution in [-0.4, -0.2) is 60.3 Å². The van der Waals surface area contributed by atoms with Gasteiger partial charge in [-0.05, 0) is 25.8 Å². The van der Waals surface area contributed by atoms with Gasteiger partial charge in [0.05, 0.1) is 24.5 Å². The molecule has 6 nitrogen and oxygen atoms in total. The van der Waals surface area contributed by atoms with Gasteiger partial charge in [0.1, 0.15) is 0 Å². The van der Waals surface area contributed by atoms with Crippen LogP contribution >= 0.6 is 0 Å². The number of aliphatic carboxylic acids is 1. The molecule has 0 radical (unpaired) electrons. The highest BCUT2D eigenvalue weighted by Crippen LogP contribution is 2.38. The molecule has 4 atom stereocenters. The molecule has 106 valence electrons. The fourth-order valence-corrected chi connectivity index (χ4v) is 3.11. The second-order valence-electron chi connectivity index (χ2n) is 5.78. The Labute approximate surface area is 112 Å². The molecule has 0 aromatic rings. The summed E-state index contributed by atoms with van der Waals surface area (Å²) in [7, 11) is 0. The number of carboxylic acids is 1. The highest BCUT2D eigenvalue weighted by molar-refractivity contribution is 5.89. The predicted octanol–water partition coefficient (Wildman–Crippen LogP) is -0.313. The summed E-state index contributed by atoms with van der Waals surface area (Å²) in [6, 6.07) is 0.562. The Bertz CT molecular complexity index is 387. The van der Waals surface area contributed by atoms with Gasteiger partial charge in [-0.15, -0.1) is 0 Å². The van der Waals surface area contributed by atoms with Gasteiger partial charge < -0.3 is 15.2 Å². The maximum absolute atomic E-state index is 11.7. The van der Waals surface area contributed by atoms with Crippen molar-refractivity contribution in [1.29, 1.82) is 0 Å². The Morgan fingerprint density at radius 1 is 1.37 bits per heavy atom. The van der Waals surface area contributed by atoms with Crippen LogP contribution in [0.5, 0.6) is 0 Å². The van der Waals surface area contributed by atoms with Crippen LogP contribution in [0, 0.1) is 11.8 Å². The average Bonchev–Trinajstić information content (AvgIpc) is 3.07. The van der Waals surface area contributed by atoms with Crippen molar-refractivity contribution in [3.63, 3.8) is 0 Å². The summed E-state index contributed by atoms with van der Waals surface area (Å²) in [6.45, 7) is 3.24. The first-order valence-electron chi connectivity index (χ1n) is 7.01. The van der Waals surface area contributed by atoms with Crippen molar-refractivity contribution in [3.05, 3.63) is 0 Å². The SMILES string of the molecule is O=C(O)[C@H]1C[C@H]1C(=O)NCC1CN2CCCC2CO1. The van der Waals surface area contributed by atoms with Crippen LogP contribution in [0.3, 0.4) is 0 Å². The van der Waals surface area contributed by atoms with E-state index in [4.69, 9.17) is 9.84 Å². The van der Waals surface area contributed by atoms with E-state index in [9.17, 15) is 9.59 Å². The molecule has 2 saturated heterocycles. The van der Waals surface area contributed by atoms with Gasteiger partial charge in [0, 0.05) is 19.1 Å². The van der Waals surface area contributed by atoms with Crippen molar-refractivity contribution >= 4 is 11.9 Å². The number of hydrogen-bond acceptors (Lipinski definition) is 4. The van der Waals surface area contributed by atoms with Crippen molar-refractivity contribution < 1.29 is 19.4 Å². The van der Waals surface area contributed by atoms with E-state index in [-0.39, 0.29) is 17.9 Å². The topological polar surface area (TPSA) is 78.9 Å². The van der Waals surface area contributed by atoms with Gasteiger partial charge in [-0.1, -0.05) is 0 Å². The number of morpholine rings is 1. The number of rotatable bonds is 4. The first-order valence-corrected chi connectivity index (χ1v) is 7.01. The van der Waals surface area contributed by atoms with Gasteiger partial charge in [-0.25, -0.2) is 0 Å². The fourth-order valence-electron chi connectivity index (χ4n) is 3.11. The number of carbonyl (C=O) groups excluding carboxylic acids is 1. The van der Waals surface area contributed by atoms with E-state index >= 15 is 0 Å². The van der Waals surface area contributed by atoms with Crippen LogP contribution in [0.25, 0.3) is 0 Å². The first-order chi connectivity index (χ1) is 9.15. The average molecular weight is 268 g/mol. The third-order valence-corrected chi connectivity index (χ3v) is 4.41. The monoisotopic (exact) mass is 268 g/mol. The van der Waals surface area contributed by atoms with Crippen molar-refractivity contribution in [2.75, 3.05) is 26.2 Å². The van der Waals surface area contributed by atoms with Crippen molar-refractivity contribution in [3.8, 4) is 0 Å². The molecule has 3 rings (SSSR count). The van der Waals surface area contributed by atoms with E-state index in [1.54, 1.807) is 0 Å². The van der Waals surface area contributed by atoms with E-state index < -0.39 is 11.9 Å². The van der Waals surface area contributed by atoms with Gasteiger partial charge in [-0.3, -0.25) is 14.5 Å². The molecule has 1 amide bonds. The maximum Gasteiger partial charge on any atom is 0.307 e. The van der Waals surface area contributed by atoms with Crippen LogP contribution in [0.4, 0.5) is 0 Å². The zero-order valence-corrected chi connectivity index (χ0v) is 10.9. The van der Waals surface area contributed by atoms with Crippen LogP contribution in [0.1, 0.15) is 19.3 Å². The van der Waals surface area contributed by atoms with Crippen molar-refractivity contribution in [2.45, 2.75) is 31.4 Å². The molecule has 3 fully saturated rings. The third-order valence-electron chi connectivity index (χ3n) is 4.41. The molecule has 1 aliphatic carbocycles. The second kappa shape index (κ2) is 5.09. The molecule has 6 heteroatoms. The zero-order valence-electron chi connectivity index (χ0n) is 10.9. The molecule has 0 aromatic carbocycles. The standard InChI is InChI=1S/C13H20N2O4/c16-12(10-4-11(10)13(17)18)14-5-9-6-15-3-1-2-8(15)7-19-9/h8-11H,1-7H2,(H,14,16)(H,17,18)/t8?,9?,10-,11+/m1/s1. The molecular weight excluding hydrogens is 248 g/mol. The minimum absolute atomic E-state index is 0.0420. The van der Waals surface area contributed by atoms with Crippen molar-refractivity contribution in [1.82, 2.24) is 10.2 Å². The number of amides is 1. The van der Waals surface area contributed by atoms with E-state index in [0.29, 0.717) is 19.0 Å². The van der Waals surface area contributed by atoms with Gasteiger partial charge >= 0.3 is 5.97 Å². The molecule has 3 aliphatic rings. The Balaban J connectivity index is 1.41. The van der Waals surface area contributed by atoms with Gasteiger partial charge in [0.15, 0.2) is 0 Å². The minimum Gasteiger partial charge on any atom is -0.481 e. The Hall–Kier alpha value is -1.14. The lowest BCUT2D eigenvalue weighted by Gasteiger charge is -2.35. The van der Waals surface area contributed by atoms with Crippen LogP contribution < -0.4 is 5.32 Å². The maximum atomic E-state index is 11.7. The lowest BCUT2D eigenvalue weighted by molar-refractivity contribution is -0.140. The highest BCUT2D eigenvalue weighted by atomic mass is 16.5. The Morgan fingerprint density at radius 3 is 2.95 bits per heavy atom. The van der Waals surface area contributed by atoms with E-state index in [2.05, 4.69) is 10.2 Å². The fraction of sp³-hybridized carbons (Fsp3) is 0.846. The van der Waals surface area contributed by atoms with Gasteiger partial charge in [0.25, 0.3) is 0 Å². The Kier molecular flexibility index (Phi) is 3.45. The first kappa shape index (κ1) is 12.9. The number of carboxylic acid groups (broad SMARTS) is 1. The lowest BCUT2D eigenvalue weighted by atomic mass is 10.2. The molecule has 0 spiro atoms. The number of hydrogen-bond donors (Lipinski definition) is 2. The smallest absolute Gasteiger partial charge is 0.307 e. The third kappa shape index (κ3) is 2.74. The van der Waals surface area contributed by atoms with E-state index in [1.165, 1.54) is 12.8 Å². The summed E-state index contributed by atoms with van der Waals surface area (Å²) in [5.74, 6) is -1.82. The number of nitrogens with one attached hydrogen (secondary N) is 1. The number of carbonyl (C=O) groups is 2. The number of nitrogens with zero attached hydrogens (tertiary/aromatic N) is 1. The quantitative estimate of drug-likeness (QED) is 0.731. The number of ether oxygens (including phenoxy) is 1. The highest BCUT2D eigenvalue weighted by Gasteiger charge is 2.48. The summed E-state index contributed by atoms with van der Waals surface area (Å²) in [6.07, 6.45) is 2.96. The lowest BCUT2D eigenvalue weighted by Crippen LogP contribution is -2.50. The molecular formula is C13H20N2O4. The second-order valence-corrected chi connectivity index (χ2v) is 5.78. The Morgan fingerprint density at radius 2 is 2.21 bits per heavy atom. The molecule has 2 aliphatic heterocycles. The van der Waals surface area contributed by atoms with E-state index in [0.717, 1.165) is 19.7 Å². The zero-order chi connectivity index (χ0) is 13.4. The molecule has 2 unspecified atom stereocenters. The molecule has 2 heterocycles. The molecule has 0 bridgehead atoms. The van der Waals surface area contributed by atoms with Gasteiger partial charge in [-0.2, -0.15) is 0 Å². The van der Waals surface area contributed by atoms with Gasteiger partial charge in [0.2, 0.25) is 5.91 Å². The largest absolute Gasteiger partial charge is 0.481 e. The molecule has 1 saturated carbocycles. The minimum atomic E-state index is -0.867. The normalized spacial score (nSPS) is 37.7. The summed E-state index contributed by atoms with van der Waals surface area (Å²) < 4.78 is 5.74. The summed E-state index contributed by atoms with van der Waals surface area (Å²) in [5, 5.41) is 11.6. The van der Waals surface area contributed by atoms with Crippen LogP contribution in [0.2, 0.25) is 0 Å². The molecule has 19 heavy (non-hydrogen) atoms. The predicted molar refractivity (Wildman–Crippen MR) is 66.6 cm³/mol.